The van der Waals surface area contributed by atoms with Crippen molar-refractivity contribution in [3.8, 4) is 0 Å². The molecule has 2 atom stereocenters. The van der Waals surface area contributed by atoms with Crippen LogP contribution >= 0.6 is 0 Å². The lowest BCUT2D eigenvalue weighted by atomic mass is 9.86. The van der Waals surface area contributed by atoms with Gasteiger partial charge in [0.05, 0.1) is 0 Å². The molecule has 0 radical (unpaired) electrons. The van der Waals surface area contributed by atoms with Gasteiger partial charge in [-0.15, -0.1) is 0 Å². The first kappa shape index (κ1) is 12.4. The smallest absolute Gasteiger partial charge is 0.266 e. The minimum absolute atomic E-state index is 0.289. The average Bonchev–Trinajstić information content (AvgIpc) is 2.80. The normalized spacial score (nSPS) is 24.9. The van der Waals surface area contributed by atoms with E-state index >= 15 is 0 Å². The Bertz CT molecular complexity index is 348. The Morgan fingerprint density at radius 2 is 2.12 bits per heavy atom. The number of nitrogens with zero attached hydrogens (tertiary/aromatic N) is 3. The molecular weight excluding hydrogens is 216 g/mol. The number of hydrogen-bond acceptors (Lipinski definition) is 5. The van der Waals surface area contributed by atoms with E-state index in [1.165, 1.54) is 0 Å². The van der Waals surface area contributed by atoms with Crippen LogP contribution in [-0.2, 0) is 0 Å². The topological polar surface area (TPSA) is 68.2 Å². The van der Waals surface area contributed by atoms with Crippen molar-refractivity contribution >= 4 is 5.95 Å². The van der Waals surface area contributed by atoms with Gasteiger partial charge in [0.2, 0.25) is 5.89 Å². The highest BCUT2D eigenvalue weighted by molar-refractivity contribution is 5.27. The molecule has 1 aliphatic carbocycles. The summed E-state index contributed by atoms with van der Waals surface area (Å²) in [6, 6.07) is 0.289. The molecular formula is C12H22N4O. The molecule has 1 aromatic rings. The number of aromatic nitrogens is 2. The van der Waals surface area contributed by atoms with Crippen LogP contribution < -0.4 is 10.6 Å². The second-order valence-electron chi connectivity index (χ2n) is 4.73. The Hall–Kier alpha value is -1.10. The summed E-state index contributed by atoms with van der Waals surface area (Å²) in [6.45, 7) is 5.99. The number of anilines is 1. The molecule has 5 nitrogen and oxygen atoms in total. The van der Waals surface area contributed by atoms with Crippen LogP contribution in [0.4, 0.5) is 5.95 Å². The highest BCUT2D eigenvalue weighted by atomic mass is 16.5. The van der Waals surface area contributed by atoms with Crippen molar-refractivity contribution < 1.29 is 4.52 Å². The van der Waals surface area contributed by atoms with Gasteiger partial charge in [0.15, 0.2) is 0 Å². The molecule has 2 N–H and O–H groups in total. The summed E-state index contributed by atoms with van der Waals surface area (Å²) in [7, 11) is 0. The number of hydrogen-bond donors (Lipinski definition) is 1. The van der Waals surface area contributed by atoms with Crippen LogP contribution in [0.25, 0.3) is 0 Å². The molecule has 0 amide bonds. The van der Waals surface area contributed by atoms with E-state index in [9.17, 15) is 0 Å². The van der Waals surface area contributed by atoms with Crippen molar-refractivity contribution in [3.63, 3.8) is 0 Å². The summed E-state index contributed by atoms with van der Waals surface area (Å²) in [6.07, 6.45) is 4.37. The predicted octanol–water partition coefficient (Wildman–Crippen LogP) is 1.90. The molecule has 1 fully saturated rings. The first-order valence-electron chi connectivity index (χ1n) is 6.58. The lowest BCUT2D eigenvalue weighted by Crippen LogP contribution is -2.27. The lowest BCUT2D eigenvalue weighted by Gasteiger charge is -2.23. The Morgan fingerprint density at radius 3 is 2.76 bits per heavy atom. The fourth-order valence-electron chi connectivity index (χ4n) is 2.48. The van der Waals surface area contributed by atoms with Crippen LogP contribution in [0.1, 0.15) is 51.3 Å². The van der Waals surface area contributed by atoms with Gasteiger partial charge in [0.25, 0.3) is 5.95 Å². The average molecular weight is 238 g/mol. The summed E-state index contributed by atoms with van der Waals surface area (Å²) in [5.74, 6) is 1.83. The number of nitrogens with two attached hydrogens (primary N) is 1. The minimum Gasteiger partial charge on any atom is -0.339 e. The third kappa shape index (κ3) is 2.77. The molecule has 0 aromatic carbocycles. The highest BCUT2D eigenvalue weighted by Crippen LogP contribution is 2.31. The Morgan fingerprint density at radius 1 is 1.35 bits per heavy atom. The molecule has 5 heteroatoms. The summed E-state index contributed by atoms with van der Waals surface area (Å²) in [5, 5.41) is 4.06. The largest absolute Gasteiger partial charge is 0.339 e. The maximum atomic E-state index is 5.98. The first-order valence-corrected chi connectivity index (χ1v) is 6.58. The molecule has 1 aliphatic rings. The van der Waals surface area contributed by atoms with Gasteiger partial charge in [-0.3, -0.25) is 0 Å². The Labute approximate surface area is 102 Å². The summed E-state index contributed by atoms with van der Waals surface area (Å²) < 4.78 is 5.38. The van der Waals surface area contributed by atoms with Crippen molar-refractivity contribution in [2.45, 2.75) is 51.5 Å². The standard InChI is InChI=1S/C12H22N4O/c1-3-16(4-2)12-14-11(17-15-12)9-6-5-7-10(13)8-9/h9-10H,3-8,13H2,1-2H3. The Balaban J connectivity index is 2.06. The predicted molar refractivity (Wildman–Crippen MR) is 67.0 cm³/mol. The van der Waals surface area contributed by atoms with Crippen LogP contribution in [0.2, 0.25) is 0 Å². The van der Waals surface area contributed by atoms with E-state index in [1.54, 1.807) is 0 Å². The second-order valence-corrected chi connectivity index (χ2v) is 4.73. The third-order valence-corrected chi connectivity index (χ3v) is 3.54. The van der Waals surface area contributed by atoms with Gasteiger partial charge in [0, 0.05) is 25.0 Å². The summed E-state index contributed by atoms with van der Waals surface area (Å²) in [5.41, 5.74) is 5.98. The van der Waals surface area contributed by atoms with E-state index in [-0.39, 0.29) is 6.04 Å². The van der Waals surface area contributed by atoms with Crippen LogP contribution in [0, 0.1) is 0 Å². The van der Waals surface area contributed by atoms with Crippen molar-refractivity contribution in [3.05, 3.63) is 5.89 Å². The van der Waals surface area contributed by atoms with E-state index in [2.05, 4.69) is 28.9 Å². The molecule has 96 valence electrons. The minimum atomic E-state index is 0.289. The monoisotopic (exact) mass is 238 g/mol. The molecule has 0 spiro atoms. The van der Waals surface area contributed by atoms with Crippen LogP contribution in [0.5, 0.6) is 0 Å². The zero-order valence-corrected chi connectivity index (χ0v) is 10.7. The van der Waals surface area contributed by atoms with Crippen LogP contribution in [-0.4, -0.2) is 29.3 Å². The lowest BCUT2D eigenvalue weighted by molar-refractivity contribution is 0.298. The van der Waals surface area contributed by atoms with E-state index in [4.69, 9.17) is 10.3 Å². The van der Waals surface area contributed by atoms with Crippen molar-refractivity contribution in [1.29, 1.82) is 0 Å². The Kier molecular flexibility index (Phi) is 3.99. The fraction of sp³-hybridized carbons (Fsp3) is 0.833. The van der Waals surface area contributed by atoms with Crippen LogP contribution in [0.3, 0.4) is 0 Å². The molecule has 0 saturated heterocycles. The van der Waals surface area contributed by atoms with E-state index in [0.717, 1.165) is 44.7 Å². The van der Waals surface area contributed by atoms with Crippen molar-refractivity contribution in [2.24, 2.45) is 5.73 Å². The maximum Gasteiger partial charge on any atom is 0.266 e. The molecule has 1 aromatic heterocycles. The quantitative estimate of drug-likeness (QED) is 0.867. The van der Waals surface area contributed by atoms with Gasteiger partial charge >= 0.3 is 0 Å². The zero-order valence-electron chi connectivity index (χ0n) is 10.7. The third-order valence-electron chi connectivity index (χ3n) is 3.54. The molecule has 2 unspecified atom stereocenters. The van der Waals surface area contributed by atoms with Gasteiger partial charge in [-0.2, -0.15) is 4.98 Å². The van der Waals surface area contributed by atoms with Gasteiger partial charge < -0.3 is 15.2 Å². The SMILES string of the molecule is CCN(CC)c1noc(C2CCCC(N)C2)n1. The van der Waals surface area contributed by atoms with Gasteiger partial charge in [-0.1, -0.05) is 6.42 Å². The highest BCUT2D eigenvalue weighted by Gasteiger charge is 2.26. The first-order chi connectivity index (χ1) is 8.24. The van der Waals surface area contributed by atoms with Crippen LogP contribution in [0.15, 0.2) is 4.52 Å². The molecule has 1 heterocycles. The zero-order chi connectivity index (χ0) is 12.3. The van der Waals surface area contributed by atoms with E-state index in [0.29, 0.717) is 11.9 Å². The van der Waals surface area contributed by atoms with Gasteiger partial charge in [-0.25, -0.2) is 0 Å². The summed E-state index contributed by atoms with van der Waals surface area (Å²) >= 11 is 0. The van der Waals surface area contributed by atoms with E-state index in [1.807, 2.05) is 0 Å². The maximum absolute atomic E-state index is 5.98. The molecule has 2 rings (SSSR count). The van der Waals surface area contributed by atoms with E-state index < -0.39 is 0 Å². The molecule has 0 bridgehead atoms. The fourth-order valence-corrected chi connectivity index (χ4v) is 2.48. The summed E-state index contributed by atoms with van der Waals surface area (Å²) in [4.78, 5) is 6.60. The van der Waals surface area contributed by atoms with Gasteiger partial charge in [0.1, 0.15) is 0 Å². The molecule has 0 aliphatic heterocycles. The second kappa shape index (κ2) is 5.49. The molecule has 17 heavy (non-hydrogen) atoms. The van der Waals surface area contributed by atoms with Gasteiger partial charge in [-0.05, 0) is 38.3 Å². The molecule has 1 saturated carbocycles. The van der Waals surface area contributed by atoms with Crippen molar-refractivity contribution in [2.75, 3.05) is 18.0 Å². The van der Waals surface area contributed by atoms with Crippen molar-refractivity contribution in [1.82, 2.24) is 10.1 Å². The number of rotatable bonds is 4.